The van der Waals surface area contributed by atoms with Crippen LogP contribution in [-0.4, -0.2) is 27.8 Å². The Hall–Kier alpha value is -2.41. The van der Waals surface area contributed by atoms with Crippen LogP contribution in [0, 0.1) is 0 Å². The van der Waals surface area contributed by atoms with E-state index in [1.165, 1.54) is 6.07 Å². The molecular weight excluding hydrogens is 304 g/mol. The van der Waals surface area contributed by atoms with E-state index in [9.17, 15) is 14.7 Å². The van der Waals surface area contributed by atoms with Crippen molar-refractivity contribution in [1.82, 2.24) is 4.98 Å². The third-order valence-electron chi connectivity index (χ3n) is 2.52. The highest BCUT2D eigenvalue weighted by Crippen LogP contribution is 2.35. The molecule has 1 amide bonds. The number of hydrogen-bond donors (Lipinski definition) is 2. The Morgan fingerprint density at radius 1 is 1.36 bits per heavy atom. The molecule has 0 saturated heterocycles. The van der Waals surface area contributed by atoms with Crippen LogP contribution in [0.25, 0.3) is 10.4 Å². The molecule has 0 bridgehead atoms. The number of nitrogens with zero attached hydrogens (tertiary/aromatic N) is 1. The smallest absolute Gasteiger partial charge is 0.412 e. The van der Waals surface area contributed by atoms with E-state index in [1.807, 2.05) is 6.07 Å². The monoisotopic (exact) mass is 320 g/mol. The molecule has 2 aromatic heterocycles. The number of hydrogen-bond acceptors (Lipinski definition) is 5. The maximum Gasteiger partial charge on any atom is 0.412 e. The molecule has 0 spiro atoms. The van der Waals surface area contributed by atoms with E-state index in [1.54, 1.807) is 39.2 Å². The average molecular weight is 320 g/mol. The van der Waals surface area contributed by atoms with E-state index < -0.39 is 17.7 Å². The Morgan fingerprint density at radius 3 is 2.64 bits per heavy atom. The average Bonchev–Trinajstić information content (AvgIpc) is 2.81. The number of amides is 1. The van der Waals surface area contributed by atoms with Gasteiger partial charge < -0.3 is 9.84 Å². The summed E-state index contributed by atoms with van der Waals surface area (Å²) < 4.78 is 5.14. The van der Waals surface area contributed by atoms with Crippen molar-refractivity contribution in [1.29, 1.82) is 0 Å². The summed E-state index contributed by atoms with van der Waals surface area (Å²) in [5.74, 6) is -1.11. The highest BCUT2D eigenvalue weighted by Gasteiger charge is 2.21. The molecule has 2 heterocycles. The number of aromatic nitrogens is 1. The number of aromatic carboxylic acids is 1. The van der Waals surface area contributed by atoms with E-state index in [-0.39, 0.29) is 10.6 Å². The minimum atomic E-state index is -1.11. The van der Waals surface area contributed by atoms with Gasteiger partial charge in [0.2, 0.25) is 0 Å². The number of carboxylic acids is 1. The van der Waals surface area contributed by atoms with Gasteiger partial charge in [0.05, 0.1) is 5.56 Å². The molecule has 2 rings (SSSR count). The zero-order chi connectivity index (χ0) is 16.3. The van der Waals surface area contributed by atoms with Crippen molar-refractivity contribution in [2.75, 3.05) is 5.32 Å². The van der Waals surface area contributed by atoms with Gasteiger partial charge in [-0.3, -0.25) is 10.3 Å². The third kappa shape index (κ3) is 4.05. The number of rotatable bonds is 3. The van der Waals surface area contributed by atoms with Gasteiger partial charge in [-0.05, 0) is 32.9 Å². The first kappa shape index (κ1) is 16.0. The minimum absolute atomic E-state index is 0.0229. The van der Waals surface area contributed by atoms with Gasteiger partial charge in [-0.15, -0.1) is 11.3 Å². The van der Waals surface area contributed by atoms with Gasteiger partial charge in [-0.1, -0.05) is 6.07 Å². The van der Waals surface area contributed by atoms with Crippen molar-refractivity contribution >= 4 is 28.4 Å². The topological polar surface area (TPSA) is 88.5 Å². The maximum absolute atomic E-state index is 11.8. The molecule has 2 aromatic rings. The number of thiophene rings is 1. The van der Waals surface area contributed by atoms with Crippen molar-refractivity contribution in [3.63, 3.8) is 0 Å². The largest absolute Gasteiger partial charge is 0.478 e. The highest BCUT2D eigenvalue weighted by atomic mass is 32.1. The predicted molar refractivity (Wildman–Crippen MR) is 84.4 cm³/mol. The van der Waals surface area contributed by atoms with Gasteiger partial charge in [0.15, 0.2) is 0 Å². The molecule has 0 radical (unpaired) electrons. The lowest BCUT2D eigenvalue weighted by molar-refractivity contribution is 0.0636. The van der Waals surface area contributed by atoms with E-state index >= 15 is 0 Å². The fourth-order valence-corrected chi connectivity index (χ4v) is 2.72. The third-order valence-corrected chi connectivity index (χ3v) is 3.62. The van der Waals surface area contributed by atoms with Gasteiger partial charge >= 0.3 is 12.1 Å². The Morgan fingerprint density at radius 2 is 2.09 bits per heavy atom. The molecule has 0 aliphatic heterocycles. The normalized spacial score (nSPS) is 11.0. The molecule has 6 nitrogen and oxygen atoms in total. The first-order chi connectivity index (χ1) is 10.3. The van der Waals surface area contributed by atoms with Crippen LogP contribution in [0.3, 0.4) is 0 Å². The quantitative estimate of drug-likeness (QED) is 0.896. The second-order valence-corrected chi connectivity index (χ2v) is 6.58. The summed E-state index contributed by atoms with van der Waals surface area (Å²) in [6.07, 6.45) is 2.58. The summed E-state index contributed by atoms with van der Waals surface area (Å²) in [6, 6.07) is 5.09. The van der Waals surface area contributed by atoms with Crippen LogP contribution in [0.4, 0.5) is 9.80 Å². The molecule has 0 atom stereocenters. The molecule has 2 N–H and O–H groups in total. The Balaban J connectivity index is 2.29. The Kier molecular flexibility index (Phi) is 4.46. The second-order valence-electron chi connectivity index (χ2n) is 5.53. The van der Waals surface area contributed by atoms with E-state index in [0.29, 0.717) is 4.88 Å². The van der Waals surface area contributed by atoms with Gasteiger partial charge in [-0.2, -0.15) is 0 Å². The highest BCUT2D eigenvalue weighted by molar-refractivity contribution is 7.20. The fraction of sp³-hybridized carbons (Fsp3) is 0.267. The zero-order valence-corrected chi connectivity index (χ0v) is 13.2. The van der Waals surface area contributed by atoms with Gasteiger partial charge in [-0.25, -0.2) is 9.59 Å². The summed E-state index contributed by atoms with van der Waals surface area (Å²) in [5.41, 5.74) is 0.152. The number of pyridine rings is 1. The predicted octanol–water partition coefficient (Wildman–Crippen LogP) is 3.86. The summed E-state index contributed by atoms with van der Waals surface area (Å²) in [5, 5.41) is 12.0. The molecule has 0 unspecified atom stereocenters. The van der Waals surface area contributed by atoms with Crippen LogP contribution >= 0.6 is 11.3 Å². The van der Waals surface area contributed by atoms with Gasteiger partial charge in [0, 0.05) is 22.8 Å². The van der Waals surface area contributed by atoms with E-state index in [0.717, 1.165) is 16.9 Å². The van der Waals surface area contributed by atoms with E-state index in [2.05, 4.69) is 10.3 Å². The molecule has 0 fully saturated rings. The zero-order valence-electron chi connectivity index (χ0n) is 12.4. The molecule has 0 aliphatic carbocycles. The number of carbonyl (C=O) groups excluding carboxylic acids is 1. The van der Waals surface area contributed by atoms with Crippen LogP contribution in [-0.2, 0) is 4.74 Å². The number of carboxylic acid groups (broad SMARTS) is 1. The molecule has 116 valence electrons. The van der Waals surface area contributed by atoms with Crippen molar-refractivity contribution in [2.45, 2.75) is 26.4 Å². The molecule has 7 heteroatoms. The second kappa shape index (κ2) is 6.15. The summed E-state index contributed by atoms with van der Waals surface area (Å²) in [7, 11) is 0. The summed E-state index contributed by atoms with van der Waals surface area (Å²) in [4.78, 5) is 27.9. The molecule has 22 heavy (non-hydrogen) atoms. The van der Waals surface area contributed by atoms with Gasteiger partial charge in [0.1, 0.15) is 10.6 Å². The molecule has 0 saturated carbocycles. The number of carbonyl (C=O) groups is 2. The van der Waals surface area contributed by atoms with Gasteiger partial charge in [0.25, 0.3) is 0 Å². The SMILES string of the molecule is CC(C)(C)OC(=O)Nc1sc(-c2cccnc2)cc1C(=O)O. The summed E-state index contributed by atoms with van der Waals surface area (Å²) in [6.45, 7) is 5.21. The van der Waals surface area contributed by atoms with Crippen molar-refractivity contribution in [3.8, 4) is 10.4 Å². The van der Waals surface area contributed by atoms with Crippen LogP contribution < -0.4 is 5.32 Å². The lowest BCUT2D eigenvalue weighted by Gasteiger charge is -2.19. The molecule has 0 aromatic carbocycles. The first-order valence-electron chi connectivity index (χ1n) is 6.54. The number of nitrogens with one attached hydrogen (secondary N) is 1. The standard InChI is InChI=1S/C15H16N2O4S/c1-15(2,3)21-14(20)17-12-10(13(18)19)7-11(22-12)9-5-4-6-16-8-9/h4-8H,1-3H3,(H,17,20)(H,18,19). The van der Waals surface area contributed by atoms with Crippen molar-refractivity contribution in [2.24, 2.45) is 0 Å². The molecule has 0 aliphatic rings. The Bertz CT molecular complexity index is 689. The lowest BCUT2D eigenvalue weighted by atomic mass is 10.2. The minimum Gasteiger partial charge on any atom is -0.478 e. The van der Waals surface area contributed by atoms with Crippen LogP contribution in [0.5, 0.6) is 0 Å². The fourth-order valence-electron chi connectivity index (χ4n) is 1.69. The first-order valence-corrected chi connectivity index (χ1v) is 7.35. The van der Waals surface area contributed by atoms with Crippen LogP contribution in [0.2, 0.25) is 0 Å². The van der Waals surface area contributed by atoms with E-state index in [4.69, 9.17) is 4.74 Å². The lowest BCUT2D eigenvalue weighted by Crippen LogP contribution is -2.27. The van der Waals surface area contributed by atoms with Crippen LogP contribution in [0.15, 0.2) is 30.6 Å². The molecular formula is C15H16N2O4S. The van der Waals surface area contributed by atoms with Crippen molar-refractivity contribution < 1.29 is 19.4 Å². The van der Waals surface area contributed by atoms with Crippen LogP contribution in [0.1, 0.15) is 31.1 Å². The number of ether oxygens (including phenoxy) is 1. The van der Waals surface area contributed by atoms with Crippen molar-refractivity contribution in [3.05, 3.63) is 36.2 Å². The summed E-state index contributed by atoms with van der Waals surface area (Å²) >= 11 is 1.16. The number of anilines is 1. The maximum atomic E-state index is 11.8. The Labute approximate surface area is 131 Å².